The number of unbranched alkanes of at least 4 members (excludes halogenated alkanes) is 1. The molecule has 2 rings (SSSR count). The zero-order valence-corrected chi connectivity index (χ0v) is 16.8. The highest BCUT2D eigenvalue weighted by atomic mass is 32.1. The van der Waals surface area contributed by atoms with Crippen molar-refractivity contribution in [3.8, 4) is 0 Å². The maximum Gasteiger partial charge on any atom is 0.469 e. The summed E-state index contributed by atoms with van der Waals surface area (Å²) in [4.78, 5) is 20.2. The lowest BCUT2D eigenvalue weighted by Gasteiger charge is -2.24. The number of aryl methyl sites for hydroxylation is 3. The number of thiophene rings is 1. The summed E-state index contributed by atoms with van der Waals surface area (Å²) in [5.74, 6) is 0. The summed E-state index contributed by atoms with van der Waals surface area (Å²) < 4.78 is 15.3. The van der Waals surface area contributed by atoms with Crippen LogP contribution in [-0.4, -0.2) is 21.9 Å². The Balaban J connectivity index is 1.69. The molecular weight excluding hydrogens is 369 g/mol. The van der Waals surface area contributed by atoms with Crippen molar-refractivity contribution in [3.63, 3.8) is 0 Å². The maximum atomic E-state index is 10.8. The molecule has 1 heterocycles. The van der Waals surface area contributed by atoms with Crippen LogP contribution in [0.4, 0.5) is 0 Å². The van der Waals surface area contributed by atoms with E-state index in [1.54, 1.807) is 18.3 Å². The molecule has 26 heavy (non-hydrogen) atoms. The average Bonchev–Trinajstić information content (AvgIpc) is 3.04. The molecule has 0 aliphatic heterocycles. The Hall–Kier alpha value is -1.01. The van der Waals surface area contributed by atoms with Crippen LogP contribution in [0.15, 0.2) is 42.5 Å². The summed E-state index contributed by atoms with van der Waals surface area (Å²) in [5, 5.41) is 0. The molecule has 0 bridgehead atoms. The van der Waals surface area contributed by atoms with E-state index in [0.29, 0.717) is 6.42 Å². The van der Waals surface area contributed by atoms with Gasteiger partial charge in [0.05, 0.1) is 6.61 Å². The molecule has 0 aliphatic rings. The van der Waals surface area contributed by atoms with Crippen LogP contribution in [-0.2, 0) is 28.4 Å². The van der Waals surface area contributed by atoms with Gasteiger partial charge >= 0.3 is 7.82 Å². The fraction of sp³-hybridized carbons (Fsp3) is 0.474. The lowest BCUT2D eigenvalue weighted by atomic mass is 9.98. The fourth-order valence-corrected chi connectivity index (χ4v) is 4.20. The van der Waals surface area contributed by atoms with Gasteiger partial charge in [-0.05, 0) is 63.1 Å². The van der Waals surface area contributed by atoms with Crippen LogP contribution in [0.5, 0.6) is 0 Å². The van der Waals surface area contributed by atoms with E-state index in [1.807, 2.05) is 6.07 Å². The second kappa shape index (κ2) is 9.79. The highest BCUT2D eigenvalue weighted by Gasteiger charge is 2.24. The van der Waals surface area contributed by atoms with Crippen LogP contribution in [0.3, 0.4) is 0 Å². The molecule has 1 unspecified atom stereocenters. The topological polar surface area (TPSA) is 92.8 Å². The molecule has 0 fully saturated rings. The Kier molecular flexibility index (Phi) is 8.02. The third-order valence-electron chi connectivity index (χ3n) is 4.20. The summed E-state index contributed by atoms with van der Waals surface area (Å²) in [6.45, 7) is 1.59. The molecule has 1 aromatic heterocycles. The standard InChI is InChI=1S/C19H28NO4PS/c1-19(20,15-24-25(21,22)23)14-13-18-12-11-17(26-18)10-6-5-9-16-7-3-2-4-8-16/h2-4,7-8,11-12H,5-6,9-10,13-15,20H2,1H3,(H2,21,22,23). The van der Waals surface area contributed by atoms with Gasteiger partial charge in [-0.2, -0.15) is 0 Å². The fourth-order valence-electron chi connectivity index (χ4n) is 2.68. The molecule has 1 aromatic carbocycles. The normalized spacial score (nSPS) is 14.3. The van der Waals surface area contributed by atoms with E-state index in [-0.39, 0.29) is 6.61 Å². The van der Waals surface area contributed by atoms with Crippen molar-refractivity contribution in [2.75, 3.05) is 6.61 Å². The van der Waals surface area contributed by atoms with E-state index in [0.717, 1.165) is 19.3 Å². The van der Waals surface area contributed by atoms with Gasteiger partial charge in [0.2, 0.25) is 0 Å². The first kappa shape index (κ1) is 21.3. The molecule has 0 radical (unpaired) electrons. The van der Waals surface area contributed by atoms with Crippen molar-refractivity contribution in [2.45, 2.75) is 51.0 Å². The number of rotatable bonds is 11. The largest absolute Gasteiger partial charge is 0.469 e. The predicted molar refractivity (Wildman–Crippen MR) is 106 cm³/mol. The summed E-state index contributed by atoms with van der Waals surface area (Å²) in [6, 6.07) is 14.8. The van der Waals surface area contributed by atoms with Gasteiger partial charge in [-0.25, -0.2) is 4.57 Å². The SMILES string of the molecule is CC(N)(CCc1ccc(CCCCc2ccccc2)s1)COP(=O)(O)O. The van der Waals surface area contributed by atoms with Crippen LogP contribution >= 0.6 is 19.2 Å². The van der Waals surface area contributed by atoms with E-state index < -0.39 is 13.4 Å². The van der Waals surface area contributed by atoms with E-state index in [9.17, 15) is 4.57 Å². The second-order valence-electron chi connectivity index (χ2n) is 6.98. The summed E-state index contributed by atoms with van der Waals surface area (Å²) in [5.41, 5.74) is 6.69. The van der Waals surface area contributed by atoms with Crippen molar-refractivity contribution < 1.29 is 18.9 Å². The molecule has 4 N–H and O–H groups in total. The van der Waals surface area contributed by atoms with Gasteiger partial charge < -0.3 is 15.5 Å². The van der Waals surface area contributed by atoms with Gasteiger partial charge in [0.1, 0.15) is 0 Å². The quantitative estimate of drug-likeness (QED) is 0.393. The lowest BCUT2D eigenvalue weighted by Crippen LogP contribution is -2.41. The van der Waals surface area contributed by atoms with Gasteiger partial charge in [0, 0.05) is 15.3 Å². The molecule has 0 amide bonds. The van der Waals surface area contributed by atoms with E-state index in [1.165, 1.54) is 28.2 Å². The first-order valence-electron chi connectivity index (χ1n) is 8.84. The number of nitrogens with two attached hydrogens (primary N) is 1. The minimum absolute atomic E-state index is 0.158. The van der Waals surface area contributed by atoms with Crippen molar-refractivity contribution >= 4 is 19.2 Å². The molecule has 1 atom stereocenters. The number of hydrogen-bond acceptors (Lipinski definition) is 4. The average molecular weight is 397 g/mol. The second-order valence-corrected chi connectivity index (χ2v) is 9.47. The Morgan fingerprint density at radius 2 is 1.65 bits per heavy atom. The minimum Gasteiger partial charge on any atom is -0.323 e. The van der Waals surface area contributed by atoms with Crippen molar-refractivity contribution in [1.82, 2.24) is 0 Å². The lowest BCUT2D eigenvalue weighted by molar-refractivity contribution is 0.154. The van der Waals surface area contributed by atoms with E-state index in [2.05, 4.69) is 40.9 Å². The van der Waals surface area contributed by atoms with Gasteiger partial charge in [0.25, 0.3) is 0 Å². The Labute approximate surface area is 159 Å². The zero-order valence-electron chi connectivity index (χ0n) is 15.1. The van der Waals surface area contributed by atoms with Crippen LogP contribution in [0.1, 0.15) is 41.5 Å². The predicted octanol–water partition coefficient (Wildman–Crippen LogP) is 4.07. The van der Waals surface area contributed by atoms with Gasteiger partial charge in [-0.1, -0.05) is 30.3 Å². The Bertz CT molecular complexity index is 711. The maximum absolute atomic E-state index is 10.8. The first-order valence-corrected chi connectivity index (χ1v) is 11.2. The van der Waals surface area contributed by atoms with Gasteiger partial charge in [0.15, 0.2) is 0 Å². The molecule has 2 aromatic rings. The van der Waals surface area contributed by atoms with Gasteiger partial charge in [-0.15, -0.1) is 11.3 Å². The molecule has 0 saturated heterocycles. The summed E-state index contributed by atoms with van der Waals surface area (Å²) in [7, 11) is -4.47. The molecule has 0 aliphatic carbocycles. The third-order valence-corrected chi connectivity index (χ3v) is 5.87. The summed E-state index contributed by atoms with van der Waals surface area (Å²) in [6.07, 6.45) is 5.94. The smallest absolute Gasteiger partial charge is 0.323 e. The summed E-state index contributed by atoms with van der Waals surface area (Å²) >= 11 is 1.79. The van der Waals surface area contributed by atoms with Crippen molar-refractivity contribution in [2.24, 2.45) is 5.73 Å². The molecule has 0 spiro atoms. The third kappa shape index (κ3) is 8.58. The molecular formula is C19H28NO4PS. The number of phosphoric acid groups is 1. The number of phosphoric ester groups is 1. The molecule has 144 valence electrons. The highest BCUT2D eigenvalue weighted by molar-refractivity contribution is 7.46. The molecule has 5 nitrogen and oxygen atoms in total. The highest BCUT2D eigenvalue weighted by Crippen LogP contribution is 2.37. The first-order chi connectivity index (χ1) is 12.2. The van der Waals surface area contributed by atoms with Crippen LogP contribution in [0.2, 0.25) is 0 Å². The van der Waals surface area contributed by atoms with Crippen LogP contribution in [0, 0.1) is 0 Å². The van der Waals surface area contributed by atoms with Crippen LogP contribution < -0.4 is 5.73 Å². The number of hydrogen-bond donors (Lipinski definition) is 3. The van der Waals surface area contributed by atoms with E-state index in [4.69, 9.17) is 15.5 Å². The zero-order chi connectivity index (χ0) is 19.0. The van der Waals surface area contributed by atoms with Crippen LogP contribution in [0.25, 0.3) is 0 Å². The van der Waals surface area contributed by atoms with Crippen molar-refractivity contribution in [1.29, 1.82) is 0 Å². The molecule has 7 heteroatoms. The Morgan fingerprint density at radius 3 is 2.31 bits per heavy atom. The monoisotopic (exact) mass is 397 g/mol. The minimum atomic E-state index is -4.47. The number of benzene rings is 1. The van der Waals surface area contributed by atoms with E-state index >= 15 is 0 Å². The molecule has 0 saturated carbocycles. The van der Waals surface area contributed by atoms with Gasteiger partial charge in [-0.3, -0.25) is 4.52 Å². The Morgan fingerprint density at radius 1 is 1.04 bits per heavy atom. The van der Waals surface area contributed by atoms with Crippen molar-refractivity contribution in [3.05, 3.63) is 57.8 Å².